The van der Waals surface area contributed by atoms with E-state index in [4.69, 9.17) is 0 Å². The molecule has 1 aromatic heterocycles. The number of H-pyrrole nitrogens is 1. The third-order valence-electron chi connectivity index (χ3n) is 6.41. The molecule has 4 aromatic rings. The Morgan fingerprint density at radius 2 is 1.69 bits per heavy atom. The number of nitrogens with zero attached hydrogens (tertiary/aromatic N) is 2. The molecule has 1 aliphatic heterocycles. The molecule has 0 fully saturated rings. The molecule has 2 heterocycles. The van der Waals surface area contributed by atoms with Crippen molar-refractivity contribution in [1.29, 1.82) is 0 Å². The Labute approximate surface area is 229 Å². The van der Waals surface area contributed by atoms with Crippen molar-refractivity contribution in [2.45, 2.75) is 18.9 Å². The number of carbonyl (C=O) groups excluding carboxylic acids is 2. The zero-order chi connectivity index (χ0) is 27.7. The fourth-order valence-corrected chi connectivity index (χ4v) is 4.98. The van der Waals surface area contributed by atoms with E-state index in [9.17, 15) is 29.6 Å². The Balaban J connectivity index is 1.69. The monoisotopic (exact) mass is 587 g/mol. The van der Waals surface area contributed by atoms with E-state index in [1.165, 1.54) is 29.3 Å². The summed E-state index contributed by atoms with van der Waals surface area (Å²) in [6, 6.07) is 19.8. The number of carbonyl (C=O) groups is 2. The lowest BCUT2D eigenvalue weighted by Gasteiger charge is -2.26. The largest absolute Gasteiger partial charge is 0.550 e. The Kier molecular flexibility index (Phi) is 6.99. The number of benzene rings is 3. The van der Waals surface area contributed by atoms with Gasteiger partial charge >= 0.3 is 0 Å². The highest BCUT2D eigenvalue weighted by Gasteiger charge is 2.33. The van der Waals surface area contributed by atoms with Crippen LogP contribution >= 0.6 is 15.9 Å². The highest BCUT2D eigenvalue weighted by atomic mass is 79.9. The normalized spacial score (nSPS) is 14.6. The molecule has 1 atom stereocenters. The number of fused-ring (bicyclic) bond motifs is 1. The molecule has 0 saturated carbocycles. The van der Waals surface area contributed by atoms with Crippen LogP contribution in [0.3, 0.4) is 0 Å². The number of carboxylic acids is 1. The number of hydrogen-bond donors (Lipinski definition) is 2. The second kappa shape index (κ2) is 10.5. The number of nitro benzene ring substituents is 1. The number of halogens is 1. The highest BCUT2D eigenvalue weighted by Crippen LogP contribution is 2.38. The van der Waals surface area contributed by atoms with Crippen molar-refractivity contribution >= 4 is 50.1 Å². The number of nitro groups is 1. The Morgan fingerprint density at radius 1 is 0.974 bits per heavy atom. The molecule has 0 saturated heterocycles. The van der Waals surface area contributed by atoms with E-state index in [1.807, 2.05) is 42.5 Å². The van der Waals surface area contributed by atoms with Crippen molar-refractivity contribution in [2.75, 3.05) is 0 Å². The van der Waals surface area contributed by atoms with Crippen LogP contribution in [0.25, 0.3) is 27.7 Å². The van der Waals surface area contributed by atoms with Gasteiger partial charge in [-0.3, -0.25) is 25.1 Å². The average molecular weight is 588 g/mol. The topological polar surface area (TPSA) is 148 Å². The Morgan fingerprint density at radius 3 is 2.36 bits per heavy atom. The first-order chi connectivity index (χ1) is 18.7. The molecule has 0 unspecified atom stereocenters. The summed E-state index contributed by atoms with van der Waals surface area (Å²) < 4.78 is 0.807. The molecule has 196 valence electrons. The summed E-state index contributed by atoms with van der Waals surface area (Å²) in [6.45, 7) is 0. The third kappa shape index (κ3) is 5.16. The van der Waals surface area contributed by atoms with Crippen molar-refractivity contribution in [2.24, 2.45) is 0 Å². The van der Waals surface area contributed by atoms with Gasteiger partial charge in [-0.25, -0.2) is 5.01 Å². The van der Waals surface area contributed by atoms with Crippen molar-refractivity contribution < 1.29 is 19.6 Å². The predicted octanol–water partition coefficient (Wildman–Crippen LogP) is 3.82. The fraction of sp³-hybridized carbons (Fsp3) is 0.107. The van der Waals surface area contributed by atoms with E-state index in [0.29, 0.717) is 22.3 Å². The summed E-state index contributed by atoms with van der Waals surface area (Å²) in [5, 5.41) is 24.2. The average Bonchev–Trinajstić information content (AvgIpc) is 3.37. The number of hydrogen-bond acceptors (Lipinski definition) is 7. The van der Waals surface area contributed by atoms with Gasteiger partial charge in [0, 0.05) is 45.5 Å². The zero-order valence-corrected chi connectivity index (χ0v) is 21.8. The molecule has 0 spiro atoms. The van der Waals surface area contributed by atoms with Crippen molar-refractivity contribution in [3.05, 3.63) is 115 Å². The first kappa shape index (κ1) is 25.9. The molecule has 5 rings (SSSR count). The number of carboxylic acid groups (broad SMARTS) is 1. The zero-order valence-electron chi connectivity index (χ0n) is 20.2. The molecule has 1 aliphatic rings. The number of non-ortho nitro benzene ring substituents is 1. The summed E-state index contributed by atoms with van der Waals surface area (Å²) in [4.78, 5) is 51.2. The second-order valence-electron chi connectivity index (χ2n) is 8.88. The van der Waals surface area contributed by atoms with Crippen LogP contribution in [0.5, 0.6) is 0 Å². The number of nitrogens with one attached hydrogen (secondary N) is 2. The smallest absolute Gasteiger partial charge is 0.269 e. The van der Waals surface area contributed by atoms with Gasteiger partial charge in [0.15, 0.2) is 0 Å². The van der Waals surface area contributed by atoms with Gasteiger partial charge in [-0.05, 0) is 54.0 Å². The van der Waals surface area contributed by atoms with Crippen LogP contribution in [0.1, 0.15) is 30.0 Å². The number of aromatic amines is 1. The summed E-state index contributed by atoms with van der Waals surface area (Å²) in [6.07, 6.45) is 0.852. The van der Waals surface area contributed by atoms with Gasteiger partial charge in [-0.1, -0.05) is 46.3 Å². The third-order valence-corrected chi connectivity index (χ3v) is 6.90. The molecule has 1 amide bonds. The van der Waals surface area contributed by atoms with Crippen molar-refractivity contribution in [3.8, 4) is 11.1 Å². The van der Waals surface area contributed by atoms with Gasteiger partial charge in [-0.15, -0.1) is 0 Å². The van der Waals surface area contributed by atoms with E-state index in [2.05, 4.69) is 26.3 Å². The molecule has 11 heteroatoms. The van der Waals surface area contributed by atoms with Crippen molar-refractivity contribution in [3.63, 3.8) is 0 Å². The van der Waals surface area contributed by atoms with Gasteiger partial charge in [-0.2, -0.15) is 0 Å². The quantitative estimate of drug-likeness (QED) is 0.246. The summed E-state index contributed by atoms with van der Waals surface area (Å²) in [5.74, 6) is -1.92. The van der Waals surface area contributed by atoms with E-state index in [1.54, 1.807) is 12.1 Å². The molecular formula is C28H20BrN4O6-. The van der Waals surface area contributed by atoms with Gasteiger partial charge in [0.1, 0.15) is 0 Å². The lowest BCUT2D eigenvalue weighted by molar-refractivity contribution is -0.384. The highest BCUT2D eigenvalue weighted by molar-refractivity contribution is 9.10. The van der Waals surface area contributed by atoms with Gasteiger partial charge in [0.05, 0.1) is 22.2 Å². The number of hydrazine groups is 1. The summed E-state index contributed by atoms with van der Waals surface area (Å²) in [7, 11) is 0. The van der Waals surface area contributed by atoms with Gasteiger partial charge < -0.3 is 14.9 Å². The van der Waals surface area contributed by atoms with E-state index >= 15 is 0 Å². The number of rotatable bonds is 7. The number of aromatic nitrogens is 1. The minimum Gasteiger partial charge on any atom is -0.550 e. The molecule has 10 nitrogen and oxygen atoms in total. The Bertz CT molecular complexity index is 1700. The first-order valence-electron chi connectivity index (χ1n) is 11.9. The lowest BCUT2D eigenvalue weighted by Crippen LogP contribution is -2.40. The van der Waals surface area contributed by atoms with Gasteiger partial charge in [0.2, 0.25) is 5.91 Å². The number of pyridine rings is 1. The van der Waals surface area contributed by atoms with Crippen molar-refractivity contribution in [1.82, 2.24) is 15.4 Å². The first-order valence-corrected chi connectivity index (χ1v) is 12.7. The van der Waals surface area contributed by atoms with Crippen LogP contribution in [0.4, 0.5) is 5.69 Å². The summed E-state index contributed by atoms with van der Waals surface area (Å²) >= 11 is 3.50. The maximum Gasteiger partial charge on any atom is 0.269 e. The van der Waals surface area contributed by atoms with E-state index in [-0.39, 0.29) is 17.7 Å². The fourth-order valence-electron chi connectivity index (χ4n) is 4.62. The van der Waals surface area contributed by atoms with E-state index < -0.39 is 34.8 Å². The predicted molar refractivity (Wildman–Crippen MR) is 146 cm³/mol. The van der Waals surface area contributed by atoms with Crippen LogP contribution in [0.2, 0.25) is 0 Å². The second-order valence-corrected chi connectivity index (χ2v) is 9.80. The Hall–Kier alpha value is -4.77. The number of amides is 1. The van der Waals surface area contributed by atoms with Crippen LogP contribution in [0, 0.1) is 10.1 Å². The molecule has 0 aliphatic carbocycles. The maximum atomic E-state index is 13.5. The minimum atomic E-state index is -1.37. The molecule has 39 heavy (non-hydrogen) atoms. The SMILES string of the molecule is O=C([O-])CCC(=O)N1NC(c2c(-c3ccccc3)c3cc(Br)ccc3[nH]c2=O)=C[C@H]1c1ccc([N+](=O)[O-])cc1. The maximum absolute atomic E-state index is 13.5. The van der Waals surface area contributed by atoms with Crippen LogP contribution in [-0.2, 0) is 9.59 Å². The van der Waals surface area contributed by atoms with E-state index in [0.717, 1.165) is 15.4 Å². The number of aliphatic carboxylic acids is 1. The van der Waals surface area contributed by atoms with Crippen LogP contribution in [-0.4, -0.2) is 26.8 Å². The van der Waals surface area contributed by atoms with Crippen LogP contribution in [0.15, 0.2) is 88.1 Å². The minimum absolute atomic E-state index is 0.119. The standard InChI is InChI=1S/C28H21BrN4O6/c29-18-8-11-21-20(14-18)26(17-4-2-1-3-5-17)27(28(37)30-21)22-15-23(16-6-9-19(10-7-16)33(38)39)32(31-22)24(34)12-13-25(35)36/h1-11,14-15,23,31H,12-13H2,(H,30,37)(H,35,36)/p-1/t23-/m0/s1. The molecule has 3 aromatic carbocycles. The molecular weight excluding hydrogens is 568 g/mol. The molecule has 0 radical (unpaired) electrons. The molecule has 0 bridgehead atoms. The lowest BCUT2D eigenvalue weighted by atomic mass is 9.94. The molecule has 2 N–H and O–H groups in total. The summed E-state index contributed by atoms with van der Waals surface area (Å²) in [5.41, 5.74) is 5.69. The van der Waals surface area contributed by atoms with Gasteiger partial charge in [0.25, 0.3) is 11.2 Å². The van der Waals surface area contributed by atoms with Crippen LogP contribution < -0.4 is 16.1 Å².